The first kappa shape index (κ1) is 16.0. The van der Waals surface area contributed by atoms with Crippen LogP contribution in [0.25, 0.3) is 0 Å². The molecule has 1 aromatic carbocycles. The van der Waals surface area contributed by atoms with Gasteiger partial charge in [-0.3, -0.25) is 14.5 Å². The topological polar surface area (TPSA) is 98.2 Å². The van der Waals surface area contributed by atoms with E-state index in [4.69, 9.17) is 5.11 Å². The van der Waals surface area contributed by atoms with Gasteiger partial charge in [0.2, 0.25) is 0 Å². The Labute approximate surface area is 127 Å². The van der Waals surface area contributed by atoms with Gasteiger partial charge in [0.1, 0.15) is 0 Å². The van der Waals surface area contributed by atoms with Gasteiger partial charge in [0.15, 0.2) is 0 Å². The van der Waals surface area contributed by atoms with Crippen LogP contribution in [0.1, 0.15) is 33.6 Å². The first-order valence-electron chi connectivity index (χ1n) is 6.99. The smallest absolute Gasteiger partial charge is 0.407 e. The number of aliphatic hydroxyl groups excluding tert-OH is 1. The molecule has 7 nitrogen and oxygen atoms in total. The van der Waals surface area contributed by atoms with E-state index in [1.165, 1.54) is 11.9 Å². The lowest BCUT2D eigenvalue weighted by Crippen LogP contribution is -2.39. The number of carbonyl (C=O) groups is 3. The molecule has 1 heterocycles. The zero-order valence-electron chi connectivity index (χ0n) is 12.2. The summed E-state index contributed by atoms with van der Waals surface area (Å²) in [6.45, 7) is -0.0960. The van der Waals surface area contributed by atoms with Crippen LogP contribution in [0.5, 0.6) is 0 Å². The van der Waals surface area contributed by atoms with Gasteiger partial charge in [-0.2, -0.15) is 0 Å². The summed E-state index contributed by atoms with van der Waals surface area (Å²) in [5, 5.41) is 18.1. The Hall–Kier alpha value is -2.41. The number of benzene rings is 1. The van der Waals surface area contributed by atoms with Gasteiger partial charge >= 0.3 is 6.09 Å². The zero-order chi connectivity index (χ0) is 16.3. The van der Waals surface area contributed by atoms with Crippen molar-refractivity contribution < 1.29 is 24.6 Å². The molecule has 118 valence electrons. The van der Waals surface area contributed by atoms with Crippen molar-refractivity contribution in [2.45, 2.75) is 18.9 Å². The second-order valence-corrected chi connectivity index (χ2v) is 5.18. The predicted octanol–water partition coefficient (Wildman–Crippen LogP) is 1.03. The minimum atomic E-state index is -1.13. The molecule has 0 saturated carbocycles. The third-order valence-corrected chi connectivity index (χ3v) is 3.86. The van der Waals surface area contributed by atoms with Gasteiger partial charge in [0, 0.05) is 13.6 Å². The Kier molecular flexibility index (Phi) is 4.77. The van der Waals surface area contributed by atoms with Crippen LogP contribution in [0.4, 0.5) is 4.79 Å². The van der Waals surface area contributed by atoms with Crippen LogP contribution in [0.3, 0.4) is 0 Å². The summed E-state index contributed by atoms with van der Waals surface area (Å²) in [6.07, 6.45) is -0.333. The van der Waals surface area contributed by atoms with Crippen LogP contribution in [0, 0.1) is 0 Å². The van der Waals surface area contributed by atoms with E-state index in [2.05, 4.69) is 0 Å². The van der Waals surface area contributed by atoms with Crippen LogP contribution >= 0.6 is 0 Å². The molecular weight excluding hydrogens is 288 g/mol. The molecule has 2 rings (SSSR count). The van der Waals surface area contributed by atoms with Gasteiger partial charge in [-0.05, 0) is 25.0 Å². The highest BCUT2D eigenvalue weighted by Gasteiger charge is 2.34. The average molecular weight is 306 g/mol. The maximum atomic E-state index is 12.1. The third-order valence-electron chi connectivity index (χ3n) is 3.86. The summed E-state index contributed by atoms with van der Waals surface area (Å²) < 4.78 is 0. The summed E-state index contributed by atoms with van der Waals surface area (Å²) in [6, 6.07) is 6.09. The monoisotopic (exact) mass is 306 g/mol. The largest absolute Gasteiger partial charge is 0.465 e. The standard InChI is InChI=1S/C15H18N2O5/c1-16(15(21)22)10(9-18)5-4-8-17-13(19)11-6-2-3-7-12(11)14(17)20/h2-3,6-7,10,18H,4-5,8-9H2,1H3,(H,21,22). The zero-order valence-corrected chi connectivity index (χ0v) is 12.2. The summed E-state index contributed by atoms with van der Waals surface area (Å²) in [4.78, 5) is 37.4. The summed E-state index contributed by atoms with van der Waals surface area (Å²) in [5.74, 6) is -0.652. The van der Waals surface area contributed by atoms with Crippen LogP contribution in [-0.2, 0) is 0 Å². The minimum Gasteiger partial charge on any atom is -0.465 e. The van der Waals surface area contributed by atoms with Gasteiger partial charge in [-0.15, -0.1) is 0 Å². The number of carbonyl (C=O) groups excluding carboxylic acids is 2. The van der Waals surface area contributed by atoms with Gasteiger partial charge in [0.25, 0.3) is 11.8 Å². The molecule has 0 bridgehead atoms. The number of fused-ring (bicyclic) bond motifs is 1. The fourth-order valence-electron chi connectivity index (χ4n) is 2.49. The van der Waals surface area contributed by atoms with Gasteiger partial charge in [-0.25, -0.2) is 4.79 Å². The molecule has 22 heavy (non-hydrogen) atoms. The van der Waals surface area contributed by atoms with Crippen molar-refractivity contribution in [2.24, 2.45) is 0 Å². The average Bonchev–Trinajstić information content (AvgIpc) is 2.76. The number of rotatable bonds is 6. The molecule has 0 spiro atoms. The summed E-state index contributed by atoms with van der Waals surface area (Å²) >= 11 is 0. The number of likely N-dealkylation sites (N-methyl/N-ethyl adjacent to an activating group) is 1. The molecule has 1 aliphatic heterocycles. The molecule has 0 saturated heterocycles. The molecule has 2 N–H and O–H groups in total. The van der Waals surface area contributed by atoms with E-state index in [1.54, 1.807) is 24.3 Å². The second kappa shape index (κ2) is 6.57. The fraction of sp³-hybridized carbons (Fsp3) is 0.400. The van der Waals surface area contributed by atoms with E-state index in [-0.39, 0.29) is 25.0 Å². The molecule has 1 aromatic rings. The van der Waals surface area contributed by atoms with Crippen molar-refractivity contribution in [1.29, 1.82) is 0 Å². The lowest BCUT2D eigenvalue weighted by atomic mass is 10.1. The predicted molar refractivity (Wildman–Crippen MR) is 77.7 cm³/mol. The molecule has 0 fully saturated rings. The van der Waals surface area contributed by atoms with E-state index in [0.717, 1.165) is 4.90 Å². The lowest BCUT2D eigenvalue weighted by molar-refractivity contribution is 0.0640. The molecule has 0 radical (unpaired) electrons. The maximum absolute atomic E-state index is 12.1. The first-order valence-corrected chi connectivity index (χ1v) is 6.99. The van der Waals surface area contributed by atoms with Crippen LogP contribution < -0.4 is 0 Å². The molecule has 1 atom stereocenters. The second-order valence-electron chi connectivity index (χ2n) is 5.18. The molecule has 7 heteroatoms. The van der Waals surface area contributed by atoms with Crippen LogP contribution in [0.2, 0.25) is 0 Å². The molecule has 0 aromatic heterocycles. The molecule has 3 amide bonds. The van der Waals surface area contributed by atoms with Gasteiger partial charge in [-0.1, -0.05) is 12.1 Å². The number of nitrogens with zero attached hydrogens (tertiary/aromatic N) is 2. The van der Waals surface area contributed by atoms with Crippen molar-refractivity contribution in [2.75, 3.05) is 20.2 Å². The Morgan fingerprint density at radius 3 is 2.23 bits per heavy atom. The van der Waals surface area contributed by atoms with Crippen molar-refractivity contribution in [3.05, 3.63) is 35.4 Å². The number of aliphatic hydroxyl groups is 1. The summed E-state index contributed by atoms with van der Waals surface area (Å²) in [5.41, 5.74) is 0.794. The fourth-order valence-corrected chi connectivity index (χ4v) is 2.49. The Balaban J connectivity index is 1.95. The minimum absolute atomic E-state index is 0.205. The quantitative estimate of drug-likeness (QED) is 0.765. The maximum Gasteiger partial charge on any atom is 0.407 e. The van der Waals surface area contributed by atoms with E-state index in [1.807, 2.05) is 0 Å². The van der Waals surface area contributed by atoms with Gasteiger partial charge in [0.05, 0.1) is 23.8 Å². The van der Waals surface area contributed by atoms with E-state index in [9.17, 15) is 19.5 Å². The van der Waals surface area contributed by atoms with Crippen molar-refractivity contribution in [3.8, 4) is 0 Å². The SMILES string of the molecule is CN(C(=O)O)C(CO)CCCN1C(=O)c2ccccc2C1=O. The first-order chi connectivity index (χ1) is 10.5. The highest BCUT2D eigenvalue weighted by atomic mass is 16.4. The third kappa shape index (κ3) is 2.94. The van der Waals surface area contributed by atoms with Gasteiger partial charge < -0.3 is 15.1 Å². The van der Waals surface area contributed by atoms with E-state index in [0.29, 0.717) is 24.0 Å². The highest BCUT2D eigenvalue weighted by molar-refractivity contribution is 6.21. The molecular formula is C15H18N2O5. The van der Waals surface area contributed by atoms with Crippen LogP contribution in [0.15, 0.2) is 24.3 Å². The number of amides is 3. The molecule has 1 aliphatic rings. The normalized spacial score (nSPS) is 14.9. The van der Waals surface area contributed by atoms with E-state index < -0.39 is 12.1 Å². The number of imide groups is 1. The van der Waals surface area contributed by atoms with Crippen molar-refractivity contribution in [3.63, 3.8) is 0 Å². The van der Waals surface area contributed by atoms with Crippen molar-refractivity contribution in [1.82, 2.24) is 9.80 Å². The van der Waals surface area contributed by atoms with E-state index >= 15 is 0 Å². The van der Waals surface area contributed by atoms with Crippen LogP contribution in [-0.4, -0.2) is 64.2 Å². The number of hydrogen-bond donors (Lipinski definition) is 2. The molecule has 0 aliphatic carbocycles. The Morgan fingerprint density at radius 2 is 1.77 bits per heavy atom. The highest BCUT2D eigenvalue weighted by Crippen LogP contribution is 2.22. The molecule has 1 unspecified atom stereocenters. The lowest BCUT2D eigenvalue weighted by Gasteiger charge is -2.24. The number of hydrogen-bond acceptors (Lipinski definition) is 4. The number of carboxylic acid groups (broad SMARTS) is 1. The summed E-state index contributed by atoms with van der Waals surface area (Å²) in [7, 11) is 1.38. The Bertz CT molecular complexity index is 566. The van der Waals surface area contributed by atoms with Crippen molar-refractivity contribution >= 4 is 17.9 Å². The Morgan fingerprint density at radius 1 is 1.23 bits per heavy atom.